The second kappa shape index (κ2) is 8.02. The van der Waals surface area contributed by atoms with Gasteiger partial charge in [0.25, 0.3) is 5.91 Å². The molecule has 11 heteroatoms. The zero-order valence-electron chi connectivity index (χ0n) is 14.9. The van der Waals surface area contributed by atoms with E-state index in [-0.39, 0.29) is 28.0 Å². The molecule has 1 aromatic heterocycles. The lowest BCUT2D eigenvalue weighted by atomic mass is 10.1. The predicted octanol–water partition coefficient (Wildman–Crippen LogP) is 5.90. The van der Waals surface area contributed by atoms with Gasteiger partial charge in [-0.2, -0.15) is 31.4 Å². The van der Waals surface area contributed by atoms with Crippen molar-refractivity contribution in [3.8, 4) is 5.69 Å². The van der Waals surface area contributed by atoms with Crippen molar-refractivity contribution in [3.05, 3.63) is 77.1 Å². The molecular formula is C19H12ClF6N3O. The first-order valence-electron chi connectivity index (χ1n) is 8.31. The smallest absolute Gasteiger partial charge is 0.322 e. The van der Waals surface area contributed by atoms with Gasteiger partial charge in [-0.3, -0.25) is 4.79 Å². The average molecular weight is 448 g/mol. The Morgan fingerprint density at radius 1 is 0.967 bits per heavy atom. The van der Waals surface area contributed by atoms with E-state index in [1.807, 2.05) is 0 Å². The van der Waals surface area contributed by atoms with Crippen LogP contribution in [0.1, 0.15) is 27.3 Å². The number of carbonyl (C=O) groups excluding carboxylic acids is 1. The molecule has 30 heavy (non-hydrogen) atoms. The summed E-state index contributed by atoms with van der Waals surface area (Å²) in [6, 6.07) is 11.3. The molecule has 0 radical (unpaired) electrons. The average Bonchev–Trinajstić information content (AvgIpc) is 3.15. The number of rotatable bonds is 4. The van der Waals surface area contributed by atoms with Crippen LogP contribution in [0, 0.1) is 0 Å². The first kappa shape index (κ1) is 21.7. The predicted molar refractivity (Wildman–Crippen MR) is 97.5 cm³/mol. The fraction of sp³-hybridized carbons (Fsp3) is 0.158. The zero-order chi connectivity index (χ0) is 22.1. The fourth-order valence-corrected chi connectivity index (χ4v) is 2.89. The quantitative estimate of drug-likeness (QED) is 0.400. The molecule has 0 fully saturated rings. The van der Waals surface area contributed by atoms with Crippen molar-refractivity contribution in [3.63, 3.8) is 0 Å². The van der Waals surface area contributed by atoms with Gasteiger partial charge >= 0.3 is 12.4 Å². The maximum Gasteiger partial charge on any atom is 0.435 e. The second-order valence-electron chi connectivity index (χ2n) is 6.11. The van der Waals surface area contributed by atoms with Gasteiger partial charge in [-0.1, -0.05) is 18.2 Å². The molecule has 0 aliphatic carbocycles. The van der Waals surface area contributed by atoms with Gasteiger partial charge in [-0.25, -0.2) is 4.68 Å². The molecule has 158 valence electrons. The van der Waals surface area contributed by atoms with Crippen LogP contribution in [0.5, 0.6) is 0 Å². The molecule has 2 aromatic carbocycles. The highest BCUT2D eigenvalue weighted by molar-refractivity contribution is 6.18. The van der Waals surface area contributed by atoms with E-state index in [1.54, 1.807) is 24.3 Å². The van der Waals surface area contributed by atoms with Crippen LogP contribution in [0.2, 0.25) is 0 Å². The molecular weight excluding hydrogens is 436 g/mol. The summed E-state index contributed by atoms with van der Waals surface area (Å²) in [6.07, 6.45) is -10.1. The highest BCUT2D eigenvalue weighted by atomic mass is 35.5. The lowest BCUT2D eigenvalue weighted by molar-refractivity contribution is -0.143. The molecule has 0 aliphatic rings. The number of halogens is 7. The topological polar surface area (TPSA) is 46.9 Å². The molecule has 0 bridgehead atoms. The van der Waals surface area contributed by atoms with E-state index in [9.17, 15) is 31.1 Å². The molecule has 0 aliphatic heterocycles. The van der Waals surface area contributed by atoms with Crippen molar-refractivity contribution >= 4 is 23.2 Å². The fourth-order valence-electron chi connectivity index (χ4n) is 2.66. The molecule has 4 nitrogen and oxygen atoms in total. The van der Waals surface area contributed by atoms with E-state index >= 15 is 0 Å². The van der Waals surface area contributed by atoms with E-state index < -0.39 is 29.6 Å². The van der Waals surface area contributed by atoms with Crippen LogP contribution in [-0.4, -0.2) is 15.7 Å². The first-order chi connectivity index (χ1) is 14.0. The van der Waals surface area contributed by atoms with Gasteiger partial charge in [0.15, 0.2) is 5.69 Å². The van der Waals surface area contributed by atoms with Crippen molar-refractivity contribution in [1.29, 1.82) is 0 Å². The Bertz CT molecular complexity index is 1060. The van der Waals surface area contributed by atoms with E-state index in [0.717, 1.165) is 12.1 Å². The third-order valence-electron chi connectivity index (χ3n) is 4.07. The summed E-state index contributed by atoms with van der Waals surface area (Å²) in [4.78, 5) is 12.4. The Morgan fingerprint density at radius 2 is 1.60 bits per heavy atom. The number of aromatic nitrogens is 2. The Morgan fingerprint density at radius 3 is 2.17 bits per heavy atom. The van der Waals surface area contributed by atoms with E-state index in [1.165, 1.54) is 12.1 Å². The SMILES string of the molecule is O=C(Nc1ccc(-n2nc(C(F)(F)F)cc2C(F)(F)F)cc1)c1ccccc1CCl. The molecule has 1 amide bonds. The highest BCUT2D eigenvalue weighted by Crippen LogP contribution is 2.36. The maximum absolute atomic E-state index is 13.1. The van der Waals surface area contributed by atoms with E-state index in [2.05, 4.69) is 10.4 Å². The number of nitrogens with zero attached hydrogens (tertiary/aromatic N) is 2. The molecule has 0 saturated heterocycles. The Labute approximate surface area is 171 Å². The van der Waals surface area contributed by atoms with Crippen molar-refractivity contribution in [2.24, 2.45) is 0 Å². The van der Waals surface area contributed by atoms with Gasteiger partial charge in [0.2, 0.25) is 0 Å². The number of hydrogen-bond acceptors (Lipinski definition) is 2. The summed E-state index contributed by atoms with van der Waals surface area (Å²) in [6.45, 7) is 0. The second-order valence-corrected chi connectivity index (χ2v) is 6.38. The van der Waals surface area contributed by atoms with Crippen molar-refractivity contribution in [2.75, 3.05) is 5.32 Å². The summed E-state index contributed by atoms with van der Waals surface area (Å²) in [5, 5.41) is 5.61. The Balaban J connectivity index is 1.89. The van der Waals surface area contributed by atoms with Crippen LogP contribution in [-0.2, 0) is 18.2 Å². The summed E-state index contributed by atoms with van der Waals surface area (Å²) in [5.74, 6) is -0.391. The standard InChI is InChI=1S/C19H12ClF6N3O/c20-10-11-3-1-2-4-14(11)17(30)27-12-5-7-13(8-6-12)29-16(19(24,25)26)9-15(28-29)18(21,22)23/h1-9H,10H2,(H,27,30). The van der Waals surface area contributed by atoms with Crippen LogP contribution in [0.15, 0.2) is 54.6 Å². The van der Waals surface area contributed by atoms with Gasteiger partial charge in [-0.15, -0.1) is 11.6 Å². The summed E-state index contributed by atoms with van der Waals surface area (Å²) >= 11 is 5.79. The van der Waals surface area contributed by atoms with Crippen LogP contribution in [0.25, 0.3) is 5.69 Å². The lowest BCUT2D eigenvalue weighted by Crippen LogP contribution is -2.15. The van der Waals surface area contributed by atoms with Crippen LogP contribution < -0.4 is 5.32 Å². The summed E-state index contributed by atoms with van der Waals surface area (Å²) < 4.78 is 78.1. The Kier molecular flexibility index (Phi) is 5.80. The number of carbonyl (C=O) groups is 1. The van der Waals surface area contributed by atoms with Gasteiger partial charge in [0, 0.05) is 23.2 Å². The normalized spacial score (nSPS) is 12.1. The monoisotopic (exact) mass is 447 g/mol. The molecule has 0 spiro atoms. The minimum atomic E-state index is -5.05. The minimum Gasteiger partial charge on any atom is -0.322 e. The number of alkyl halides is 7. The van der Waals surface area contributed by atoms with Crippen molar-refractivity contribution in [1.82, 2.24) is 9.78 Å². The number of nitrogens with one attached hydrogen (secondary N) is 1. The van der Waals surface area contributed by atoms with Gasteiger partial charge in [0.1, 0.15) is 5.69 Å². The summed E-state index contributed by atoms with van der Waals surface area (Å²) in [7, 11) is 0. The molecule has 1 heterocycles. The number of benzene rings is 2. The zero-order valence-corrected chi connectivity index (χ0v) is 15.6. The molecule has 0 atom stereocenters. The number of hydrogen-bond donors (Lipinski definition) is 1. The lowest BCUT2D eigenvalue weighted by Gasteiger charge is -2.12. The van der Waals surface area contributed by atoms with Crippen molar-refractivity contribution < 1.29 is 31.1 Å². The molecule has 1 N–H and O–H groups in total. The molecule has 0 unspecified atom stereocenters. The molecule has 0 saturated carbocycles. The third kappa shape index (κ3) is 4.59. The van der Waals surface area contributed by atoms with Crippen molar-refractivity contribution in [2.45, 2.75) is 18.2 Å². The highest BCUT2D eigenvalue weighted by Gasteiger charge is 2.42. The Hall–Kier alpha value is -3.01. The minimum absolute atomic E-state index is 0.0568. The maximum atomic E-state index is 13.1. The third-order valence-corrected chi connectivity index (χ3v) is 4.35. The number of amides is 1. The van der Waals surface area contributed by atoms with Gasteiger partial charge in [0.05, 0.1) is 5.69 Å². The van der Waals surface area contributed by atoms with Crippen LogP contribution >= 0.6 is 11.6 Å². The van der Waals surface area contributed by atoms with Gasteiger partial charge < -0.3 is 5.32 Å². The first-order valence-corrected chi connectivity index (χ1v) is 8.84. The summed E-state index contributed by atoms with van der Waals surface area (Å²) in [5.41, 5.74) is -2.36. The largest absolute Gasteiger partial charge is 0.435 e. The molecule has 3 aromatic rings. The van der Waals surface area contributed by atoms with E-state index in [0.29, 0.717) is 11.1 Å². The van der Waals surface area contributed by atoms with E-state index in [4.69, 9.17) is 11.6 Å². The number of anilines is 1. The van der Waals surface area contributed by atoms with Crippen LogP contribution in [0.4, 0.5) is 32.0 Å². The van der Waals surface area contributed by atoms with Gasteiger partial charge in [-0.05, 0) is 35.9 Å². The molecule has 3 rings (SSSR count). The van der Waals surface area contributed by atoms with Crippen LogP contribution in [0.3, 0.4) is 0 Å².